The maximum absolute atomic E-state index is 14.7. The number of anilines is 1. The Kier molecular flexibility index (Phi) is 6.97. The second-order valence-electron chi connectivity index (χ2n) is 6.85. The van der Waals surface area contributed by atoms with Crippen LogP contribution in [0.2, 0.25) is 0 Å². The molecule has 5 nitrogen and oxygen atoms in total. The third kappa shape index (κ3) is 5.25. The van der Waals surface area contributed by atoms with Crippen molar-refractivity contribution in [2.75, 3.05) is 11.9 Å². The number of unbranched alkanes of at least 4 members (excludes halogenated alkanes) is 1. The fourth-order valence-electron chi connectivity index (χ4n) is 3.01. The molecule has 160 valence electrons. The van der Waals surface area contributed by atoms with Gasteiger partial charge in [0.05, 0.1) is 17.7 Å². The smallest absolute Gasteiger partial charge is 0.336 e. The highest BCUT2D eigenvalue weighted by atomic mass is 19.1. The molecule has 0 heterocycles. The summed E-state index contributed by atoms with van der Waals surface area (Å²) in [7, 11) is 0. The van der Waals surface area contributed by atoms with E-state index in [2.05, 4.69) is 5.32 Å². The maximum atomic E-state index is 14.7. The molecular formula is C24H21F2NO4. The summed E-state index contributed by atoms with van der Waals surface area (Å²) < 4.78 is 35.0. The van der Waals surface area contributed by atoms with Crippen molar-refractivity contribution in [3.8, 4) is 16.9 Å². The van der Waals surface area contributed by atoms with Crippen molar-refractivity contribution >= 4 is 17.6 Å². The van der Waals surface area contributed by atoms with E-state index in [4.69, 9.17) is 4.74 Å². The van der Waals surface area contributed by atoms with Crippen LogP contribution in [0, 0.1) is 11.6 Å². The van der Waals surface area contributed by atoms with Crippen molar-refractivity contribution in [3.05, 3.63) is 83.4 Å². The monoisotopic (exact) mass is 425 g/mol. The van der Waals surface area contributed by atoms with Gasteiger partial charge in [-0.25, -0.2) is 13.6 Å². The Morgan fingerprint density at radius 3 is 2.26 bits per heavy atom. The Labute approximate surface area is 178 Å². The van der Waals surface area contributed by atoms with Crippen LogP contribution in [0.25, 0.3) is 11.1 Å². The van der Waals surface area contributed by atoms with Crippen LogP contribution in [0.1, 0.15) is 40.5 Å². The molecule has 0 aliphatic heterocycles. The van der Waals surface area contributed by atoms with Gasteiger partial charge in [-0.05, 0) is 53.9 Å². The van der Waals surface area contributed by atoms with Crippen LogP contribution in [-0.4, -0.2) is 23.6 Å². The van der Waals surface area contributed by atoms with E-state index in [1.165, 1.54) is 24.3 Å². The number of carboxylic acids is 1. The molecule has 2 N–H and O–H groups in total. The van der Waals surface area contributed by atoms with Crippen LogP contribution in [0.15, 0.2) is 60.7 Å². The fourth-order valence-corrected chi connectivity index (χ4v) is 3.01. The van der Waals surface area contributed by atoms with Crippen LogP contribution < -0.4 is 10.1 Å². The minimum atomic E-state index is -1.32. The Bertz CT molecular complexity index is 1090. The second kappa shape index (κ2) is 9.84. The number of carboxylic acid groups (broad SMARTS) is 1. The number of benzene rings is 3. The van der Waals surface area contributed by atoms with Gasteiger partial charge >= 0.3 is 5.97 Å². The van der Waals surface area contributed by atoms with Crippen LogP contribution in [0.3, 0.4) is 0 Å². The van der Waals surface area contributed by atoms with Crippen LogP contribution in [0.4, 0.5) is 14.5 Å². The lowest BCUT2D eigenvalue weighted by Gasteiger charge is -2.12. The van der Waals surface area contributed by atoms with Crippen LogP contribution >= 0.6 is 0 Å². The first-order chi connectivity index (χ1) is 14.9. The van der Waals surface area contributed by atoms with Crippen LogP contribution in [0.5, 0.6) is 5.75 Å². The number of amides is 1. The topological polar surface area (TPSA) is 75.6 Å². The predicted molar refractivity (Wildman–Crippen MR) is 114 cm³/mol. The molecule has 3 aromatic rings. The van der Waals surface area contributed by atoms with E-state index in [-0.39, 0.29) is 16.7 Å². The Balaban J connectivity index is 1.86. The van der Waals surface area contributed by atoms with Gasteiger partial charge in [-0.1, -0.05) is 37.6 Å². The number of carbonyl (C=O) groups excluding carboxylic acids is 1. The molecule has 0 spiro atoms. The Morgan fingerprint density at radius 1 is 0.935 bits per heavy atom. The highest BCUT2D eigenvalue weighted by Crippen LogP contribution is 2.30. The van der Waals surface area contributed by atoms with E-state index in [0.717, 1.165) is 25.0 Å². The first-order valence-corrected chi connectivity index (χ1v) is 9.76. The van der Waals surface area contributed by atoms with Crippen molar-refractivity contribution in [2.45, 2.75) is 19.8 Å². The van der Waals surface area contributed by atoms with Gasteiger partial charge in [0.25, 0.3) is 5.91 Å². The molecule has 0 unspecified atom stereocenters. The molecule has 1 amide bonds. The summed E-state index contributed by atoms with van der Waals surface area (Å²) >= 11 is 0. The van der Waals surface area contributed by atoms with Gasteiger partial charge in [0.2, 0.25) is 0 Å². The van der Waals surface area contributed by atoms with Gasteiger partial charge in [0.15, 0.2) is 0 Å². The number of halogens is 2. The lowest BCUT2D eigenvalue weighted by atomic mass is 10.0. The van der Waals surface area contributed by atoms with Gasteiger partial charge in [0, 0.05) is 0 Å². The third-order valence-corrected chi connectivity index (χ3v) is 4.62. The molecule has 31 heavy (non-hydrogen) atoms. The molecular weight excluding hydrogens is 404 g/mol. The minimum absolute atomic E-state index is 0.199. The normalized spacial score (nSPS) is 10.5. The molecule has 0 aromatic heterocycles. The van der Waals surface area contributed by atoms with E-state index < -0.39 is 29.2 Å². The zero-order valence-electron chi connectivity index (χ0n) is 16.8. The quantitative estimate of drug-likeness (QED) is 0.450. The Morgan fingerprint density at radius 2 is 1.61 bits per heavy atom. The molecule has 3 aromatic carbocycles. The molecule has 0 saturated carbocycles. The fraction of sp³-hybridized carbons (Fsp3) is 0.167. The number of carbonyl (C=O) groups is 2. The number of nitrogens with one attached hydrogen (secondary N) is 1. The van der Waals surface area contributed by atoms with Crippen molar-refractivity contribution in [1.82, 2.24) is 0 Å². The summed E-state index contributed by atoms with van der Waals surface area (Å²) in [6.07, 6.45) is 1.88. The molecule has 0 aliphatic rings. The molecule has 3 rings (SSSR count). The van der Waals surface area contributed by atoms with E-state index in [0.29, 0.717) is 17.9 Å². The highest BCUT2D eigenvalue weighted by molar-refractivity contribution is 6.10. The number of ether oxygens (including phenoxy) is 1. The van der Waals surface area contributed by atoms with Crippen molar-refractivity contribution < 1.29 is 28.2 Å². The summed E-state index contributed by atoms with van der Waals surface area (Å²) in [5.41, 5.74) is -0.280. The number of hydrogen-bond acceptors (Lipinski definition) is 3. The van der Waals surface area contributed by atoms with E-state index in [9.17, 15) is 23.5 Å². The predicted octanol–water partition coefficient (Wildman–Crippen LogP) is 5.76. The second-order valence-corrected chi connectivity index (χ2v) is 6.85. The van der Waals surface area contributed by atoms with Gasteiger partial charge in [-0.15, -0.1) is 0 Å². The first kappa shape index (κ1) is 22.0. The first-order valence-electron chi connectivity index (χ1n) is 9.76. The van der Waals surface area contributed by atoms with Gasteiger partial charge < -0.3 is 15.2 Å². The largest absolute Gasteiger partial charge is 0.494 e. The van der Waals surface area contributed by atoms with Crippen LogP contribution in [-0.2, 0) is 0 Å². The molecule has 0 saturated heterocycles. The lowest BCUT2D eigenvalue weighted by Crippen LogP contribution is -2.18. The number of aromatic carboxylic acids is 1. The number of rotatable bonds is 8. The highest BCUT2D eigenvalue weighted by Gasteiger charge is 2.20. The van der Waals surface area contributed by atoms with Crippen molar-refractivity contribution in [1.29, 1.82) is 0 Å². The van der Waals surface area contributed by atoms with Gasteiger partial charge in [-0.3, -0.25) is 4.79 Å². The molecule has 0 bridgehead atoms. The Hall–Kier alpha value is -3.74. The van der Waals surface area contributed by atoms with E-state index >= 15 is 0 Å². The van der Waals surface area contributed by atoms with Gasteiger partial charge in [-0.2, -0.15) is 0 Å². The molecule has 0 atom stereocenters. The average molecular weight is 425 g/mol. The molecule has 0 radical (unpaired) electrons. The standard InChI is InChI=1S/C24H21F2NO4/c1-2-3-11-31-17-8-6-7-15(12-17)16-13-20(25)22(21(26)14-16)27-23(28)18-9-4-5-10-19(18)24(29)30/h4-10,12-14H,2-3,11H2,1H3,(H,27,28)(H,29,30). The molecule has 0 aliphatic carbocycles. The zero-order chi connectivity index (χ0) is 22.4. The summed E-state index contributed by atoms with van der Waals surface area (Å²) in [5, 5.41) is 11.3. The summed E-state index contributed by atoms with van der Waals surface area (Å²) in [6, 6.07) is 14.5. The third-order valence-electron chi connectivity index (χ3n) is 4.62. The SMILES string of the molecule is CCCCOc1cccc(-c2cc(F)c(NC(=O)c3ccccc3C(=O)O)c(F)c2)c1. The number of hydrogen-bond donors (Lipinski definition) is 2. The zero-order valence-corrected chi connectivity index (χ0v) is 16.8. The van der Waals surface area contributed by atoms with Crippen molar-refractivity contribution in [3.63, 3.8) is 0 Å². The molecule has 0 fully saturated rings. The van der Waals surface area contributed by atoms with E-state index in [1.807, 2.05) is 6.92 Å². The van der Waals surface area contributed by atoms with E-state index in [1.54, 1.807) is 24.3 Å². The molecule has 7 heteroatoms. The minimum Gasteiger partial charge on any atom is -0.494 e. The van der Waals surface area contributed by atoms with Crippen molar-refractivity contribution in [2.24, 2.45) is 0 Å². The maximum Gasteiger partial charge on any atom is 0.336 e. The summed E-state index contributed by atoms with van der Waals surface area (Å²) in [6.45, 7) is 2.59. The lowest BCUT2D eigenvalue weighted by molar-refractivity contribution is 0.0692. The van der Waals surface area contributed by atoms with Gasteiger partial charge in [0.1, 0.15) is 23.1 Å². The summed E-state index contributed by atoms with van der Waals surface area (Å²) in [4.78, 5) is 23.7. The summed E-state index contributed by atoms with van der Waals surface area (Å²) in [5.74, 6) is -3.60. The average Bonchev–Trinajstić information content (AvgIpc) is 2.76.